The standard InChI is InChI=1S/C19H21FN8O/c1-10-5-12-6-13(11(2)25-19-24-9-23-18(21)27-19)17(26-15(12)7-14(10)20)28-4-3-22-16(29)8-28/h5-7,9,11H,3-4,8H2,1-2H3,(H,22,29)(H3,21,23,24,25,27). The van der Waals surface area contributed by atoms with E-state index >= 15 is 0 Å². The highest BCUT2D eigenvalue weighted by Crippen LogP contribution is 2.31. The molecule has 0 bridgehead atoms. The van der Waals surface area contributed by atoms with E-state index in [1.165, 1.54) is 12.4 Å². The zero-order valence-corrected chi connectivity index (χ0v) is 16.1. The quantitative estimate of drug-likeness (QED) is 0.607. The SMILES string of the molecule is Cc1cc2cc(C(C)Nc3ncnc(N)n3)c(N3CCNC(=O)C3)nc2cc1F. The number of aromatic nitrogens is 4. The Bertz CT molecular complexity index is 1090. The van der Waals surface area contributed by atoms with E-state index in [-0.39, 0.29) is 30.3 Å². The van der Waals surface area contributed by atoms with Gasteiger partial charge in [-0.05, 0) is 31.5 Å². The summed E-state index contributed by atoms with van der Waals surface area (Å²) >= 11 is 0. The number of nitrogen functional groups attached to an aromatic ring is 1. The van der Waals surface area contributed by atoms with Crippen LogP contribution in [0.1, 0.15) is 24.1 Å². The zero-order valence-electron chi connectivity index (χ0n) is 16.1. The highest BCUT2D eigenvalue weighted by atomic mass is 19.1. The van der Waals surface area contributed by atoms with Gasteiger partial charge in [-0.25, -0.2) is 19.3 Å². The predicted molar refractivity (Wildman–Crippen MR) is 108 cm³/mol. The van der Waals surface area contributed by atoms with Crippen molar-refractivity contribution in [3.8, 4) is 0 Å². The molecule has 1 aliphatic heterocycles. The molecular formula is C19H21FN8O. The van der Waals surface area contributed by atoms with Crippen LogP contribution in [0.15, 0.2) is 24.5 Å². The molecule has 2 aromatic heterocycles. The summed E-state index contributed by atoms with van der Waals surface area (Å²) in [5, 5.41) is 6.82. The summed E-state index contributed by atoms with van der Waals surface area (Å²) in [5.41, 5.74) is 7.56. The number of nitrogens with zero attached hydrogens (tertiary/aromatic N) is 5. The first-order chi connectivity index (χ1) is 13.9. The smallest absolute Gasteiger partial charge is 0.239 e. The van der Waals surface area contributed by atoms with E-state index in [9.17, 15) is 9.18 Å². The third kappa shape index (κ3) is 3.86. The summed E-state index contributed by atoms with van der Waals surface area (Å²) in [6.07, 6.45) is 1.33. The Morgan fingerprint density at radius 1 is 1.28 bits per heavy atom. The van der Waals surface area contributed by atoms with E-state index in [2.05, 4.69) is 25.6 Å². The number of amides is 1. The first kappa shape index (κ1) is 18.8. The van der Waals surface area contributed by atoms with Crippen LogP contribution in [0.25, 0.3) is 10.9 Å². The van der Waals surface area contributed by atoms with Gasteiger partial charge in [-0.2, -0.15) is 4.98 Å². The Morgan fingerprint density at radius 3 is 2.86 bits per heavy atom. The molecule has 1 saturated heterocycles. The van der Waals surface area contributed by atoms with Gasteiger partial charge in [0.15, 0.2) is 0 Å². The molecule has 1 aliphatic rings. The molecule has 1 amide bonds. The lowest BCUT2D eigenvalue weighted by molar-refractivity contribution is -0.120. The Labute approximate surface area is 166 Å². The van der Waals surface area contributed by atoms with Crippen LogP contribution in [0.3, 0.4) is 0 Å². The Balaban J connectivity index is 1.79. The second kappa shape index (κ2) is 7.46. The summed E-state index contributed by atoms with van der Waals surface area (Å²) in [4.78, 5) is 30.5. The molecule has 10 heteroatoms. The van der Waals surface area contributed by atoms with Crippen LogP contribution < -0.4 is 21.3 Å². The molecule has 0 saturated carbocycles. The first-order valence-corrected chi connectivity index (χ1v) is 9.24. The number of fused-ring (bicyclic) bond motifs is 1. The third-order valence-corrected chi connectivity index (χ3v) is 4.84. The number of anilines is 3. The third-order valence-electron chi connectivity index (χ3n) is 4.84. The minimum absolute atomic E-state index is 0.0787. The van der Waals surface area contributed by atoms with E-state index in [4.69, 9.17) is 10.7 Å². The molecule has 3 aromatic rings. The number of halogens is 1. The van der Waals surface area contributed by atoms with Gasteiger partial charge < -0.3 is 21.3 Å². The molecule has 0 spiro atoms. The van der Waals surface area contributed by atoms with Crippen molar-refractivity contribution in [2.75, 3.05) is 35.6 Å². The van der Waals surface area contributed by atoms with Gasteiger partial charge in [0, 0.05) is 30.1 Å². The highest BCUT2D eigenvalue weighted by Gasteiger charge is 2.24. The lowest BCUT2D eigenvalue weighted by atomic mass is 10.0. The minimum Gasteiger partial charge on any atom is -0.368 e. The second-order valence-electron chi connectivity index (χ2n) is 7.00. The van der Waals surface area contributed by atoms with Gasteiger partial charge in [0.25, 0.3) is 0 Å². The monoisotopic (exact) mass is 396 g/mol. The Hall–Kier alpha value is -3.56. The van der Waals surface area contributed by atoms with Gasteiger partial charge in [-0.1, -0.05) is 0 Å². The molecule has 9 nitrogen and oxygen atoms in total. The van der Waals surface area contributed by atoms with E-state index in [0.29, 0.717) is 35.9 Å². The average Bonchev–Trinajstić information content (AvgIpc) is 2.68. The number of hydrogen-bond donors (Lipinski definition) is 3. The van der Waals surface area contributed by atoms with Crippen LogP contribution >= 0.6 is 0 Å². The van der Waals surface area contributed by atoms with E-state index in [1.54, 1.807) is 13.0 Å². The number of carbonyl (C=O) groups is 1. The van der Waals surface area contributed by atoms with Crippen molar-refractivity contribution in [1.82, 2.24) is 25.3 Å². The molecule has 29 heavy (non-hydrogen) atoms. The number of rotatable bonds is 4. The fourth-order valence-electron chi connectivity index (χ4n) is 3.36. The van der Waals surface area contributed by atoms with Crippen LogP contribution in [-0.2, 0) is 4.79 Å². The van der Waals surface area contributed by atoms with Gasteiger partial charge in [-0.15, -0.1) is 0 Å². The topological polar surface area (TPSA) is 122 Å². The van der Waals surface area contributed by atoms with Gasteiger partial charge in [0.1, 0.15) is 18.0 Å². The Kier molecular flexibility index (Phi) is 4.83. The summed E-state index contributed by atoms with van der Waals surface area (Å²) in [7, 11) is 0. The lowest BCUT2D eigenvalue weighted by Gasteiger charge is -2.31. The highest BCUT2D eigenvalue weighted by molar-refractivity contribution is 5.86. The maximum Gasteiger partial charge on any atom is 0.239 e. The van der Waals surface area contributed by atoms with E-state index < -0.39 is 0 Å². The molecule has 1 atom stereocenters. The maximum absolute atomic E-state index is 14.1. The average molecular weight is 396 g/mol. The molecule has 1 unspecified atom stereocenters. The van der Waals surface area contributed by atoms with Crippen LogP contribution in [-0.4, -0.2) is 45.5 Å². The van der Waals surface area contributed by atoms with E-state index in [1.807, 2.05) is 17.9 Å². The number of piperazine rings is 1. The fraction of sp³-hybridized carbons (Fsp3) is 0.316. The molecule has 3 heterocycles. The van der Waals surface area contributed by atoms with Crippen LogP contribution in [0.4, 0.5) is 22.1 Å². The van der Waals surface area contributed by atoms with Gasteiger partial charge >= 0.3 is 0 Å². The maximum atomic E-state index is 14.1. The van der Waals surface area contributed by atoms with Gasteiger partial charge in [0.05, 0.1) is 18.1 Å². The van der Waals surface area contributed by atoms with Crippen molar-refractivity contribution in [2.24, 2.45) is 0 Å². The first-order valence-electron chi connectivity index (χ1n) is 9.24. The molecule has 1 fully saturated rings. The predicted octanol–water partition coefficient (Wildman–Crippen LogP) is 1.56. The van der Waals surface area contributed by atoms with Crippen molar-refractivity contribution in [3.63, 3.8) is 0 Å². The molecule has 150 valence electrons. The number of aryl methyl sites for hydroxylation is 1. The number of benzene rings is 1. The largest absolute Gasteiger partial charge is 0.368 e. The summed E-state index contributed by atoms with van der Waals surface area (Å²) in [6.45, 7) is 4.97. The lowest BCUT2D eigenvalue weighted by Crippen LogP contribution is -2.48. The number of pyridine rings is 1. The van der Waals surface area contributed by atoms with Crippen molar-refractivity contribution < 1.29 is 9.18 Å². The number of nitrogens with two attached hydrogens (primary N) is 1. The molecular weight excluding hydrogens is 375 g/mol. The second-order valence-corrected chi connectivity index (χ2v) is 7.00. The molecule has 4 N–H and O–H groups in total. The molecule has 4 rings (SSSR count). The Morgan fingerprint density at radius 2 is 2.10 bits per heavy atom. The molecule has 0 radical (unpaired) electrons. The summed E-state index contributed by atoms with van der Waals surface area (Å²) in [5.74, 6) is 0.683. The molecule has 0 aliphatic carbocycles. The minimum atomic E-state index is -0.313. The fourth-order valence-corrected chi connectivity index (χ4v) is 3.36. The molecule has 1 aromatic carbocycles. The summed E-state index contributed by atoms with van der Waals surface area (Å²) < 4.78 is 14.1. The van der Waals surface area contributed by atoms with Crippen molar-refractivity contribution in [2.45, 2.75) is 19.9 Å². The number of hydrogen-bond acceptors (Lipinski definition) is 8. The van der Waals surface area contributed by atoms with Crippen LogP contribution in [0.5, 0.6) is 0 Å². The van der Waals surface area contributed by atoms with Crippen molar-refractivity contribution >= 4 is 34.5 Å². The van der Waals surface area contributed by atoms with Crippen molar-refractivity contribution in [1.29, 1.82) is 0 Å². The van der Waals surface area contributed by atoms with Crippen molar-refractivity contribution in [3.05, 3.63) is 41.5 Å². The zero-order chi connectivity index (χ0) is 20.5. The normalized spacial score (nSPS) is 15.3. The van der Waals surface area contributed by atoms with Gasteiger partial charge in [-0.3, -0.25) is 4.79 Å². The number of nitrogens with one attached hydrogen (secondary N) is 2. The van der Waals surface area contributed by atoms with Crippen LogP contribution in [0.2, 0.25) is 0 Å². The van der Waals surface area contributed by atoms with Crippen LogP contribution in [0, 0.1) is 12.7 Å². The number of carbonyl (C=O) groups excluding carboxylic acids is 1. The van der Waals surface area contributed by atoms with Gasteiger partial charge in [0.2, 0.25) is 17.8 Å². The van der Waals surface area contributed by atoms with E-state index in [0.717, 1.165) is 10.9 Å². The summed E-state index contributed by atoms with van der Waals surface area (Å²) in [6, 6.07) is 4.90.